The minimum Gasteiger partial charge on any atom is -0.366 e. The highest BCUT2D eigenvalue weighted by atomic mass is 16.1. The summed E-state index contributed by atoms with van der Waals surface area (Å²) >= 11 is 0. The van der Waals surface area contributed by atoms with Crippen molar-refractivity contribution in [1.29, 1.82) is 0 Å². The fraction of sp³-hybridized carbons (Fsp3) is 0.476. The van der Waals surface area contributed by atoms with Crippen molar-refractivity contribution in [3.63, 3.8) is 0 Å². The van der Waals surface area contributed by atoms with Crippen LogP contribution < -0.4 is 15.8 Å². The van der Waals surface area contributed by atoms with Crippen molar-refractivity contribution in [1.82, 2.24) is 9.97 Å². The van der Waals surface area contributed by atoms with E-state index in [-0.39, 0.29) is 16.9 Å². The molecule has 2 N–H and O–H groups in total. The van der Waals surface area contributed by atoms with Crippen LogP contribution in [0, 0.1) is 12.3 Å². The van der Waals surface area contributed by atoms with E-state index in [0.717, 1.165) is 48.4 Å². The summed E-state index contributed by atoms with van der Waals surface area (Å²) in [4.78, 5) is 33.3. The number of H-pyrrole nitrogens is 1. The molecule has 1 aliphatic heterocycles. The van der Waals surface area contributed by atoms with Crippen LogP contribution in [0.5, 0.6) is 0 Å². The number of nitrogens with one attached hydrogen (secondary N) is 2. The summed E-state index contributed by atoms with van der Waals surface area (Å²) in [5.41, 5.74) is 4.00. The highest BCUT2D eigenvalue weighted by Gasteiger charge is 2.22. The van der Waals surface area contributed by atoms with Crippen LogP contribution in [0.3, 0.4) is 0 Å². The van der Waals surface area contributed by atoms with E-state index in [9.17, 15) is 9.59 Å². The van der Waals surface area contributed by atoms with Gasteiger partial charge < -0.3 is 15.2 Å². The molecule has 6 nitrogen and oxygen atoms in total. The van der Waals surface area contributed by atoms with Gasteiger partial charge in [0.25, 0.3) is 0 Å². The molecule has 0 saturated heterocycles. The first-order chi connectivity index (χ1) is 12.7. The first kappa shape index (κ1) is 19.1. The van der Waals surface area contributed by atoms with Crippen LogP contribution in [0.25, 0.3) is 0 Å². The molecule has 144 valence electrons. The van der Waals surface area contributed by atoms with Crippen LogP contribution in [0.15, 0.2) is 29.2 Å². The minimum absolute atomic E-state index is 0.000967. The van der Waals surface area contributed by atoms with E-state index >= 15 is 0 Å². The monoisotopic (exact) mass is 368 g/mol. The number of carbonyl (C=O) groups is 1. The maximum atomic E-state index is 12.3. The molecule has 27 heavy (non-hydrogen) atoms. The molecule has 1 amide bonds. The Morgan fingerprint density at radius 1 is 1.33 bits per heavy atom. The largest absolute Gasteiger partial charge is 0.366 e. The molecule has 0 saturated carbocycles. The lowest BCUT2D eigenvalue weighted by atomic mass is 9.92. The van der Waals surface area contributed by atoms with E-state index in [0.29, 0.717) is 12.2 Å². The topological polar surface area (TPSA) is 78.1 Å². The van der Waals surface area contributed by atoms with Crippen molar-refractivity contribution in [3.05, 3.63) is 51.6 Å². The SMILES string of the molecule is Cc1cc2c(nc1NC(=O)CC(C)(C)C)CCCN2Cc1ccc(=O)[nH]c1. The number of aryl methyl sites for hydroxylation is 2. The average molecular weight is 368 g/mol. The number of pyridine rings is 2. The van der Waals surface area contributed by atoms with Crippen molar-refractivity contribution in [2.75, 3.05) is 16.8 Å². The lowest BCUT2D eigenvalue weighted by Crippen LogP contribution is -2.30. The molecule has 2 aromatic heterocycles. The second-order valence-electron chi connectivity index (χ2n) is 8.49. The van der Waals surface area contributed by atoms with Crippen molar-refractivity contribution in [3.8, 4) is 0 Å². The van der Waals surface area contributed by atoms with Gasteiger partial charge in [0.2, 0.25) is 11.5 Å². The number of aromatic amines is 1. The summed E-state index contributed by atoms with van der Waals surface area (Å²) in [5.74, 6) is 0.660. The van der Waals surface area contributed by atoms with Gasteiger partial charge in [0.1, 0.15) is 5.82 Å². The fourth-order valence-corrected chi connectivity index (χ4v) is 3.36. The molecule has 0 bridgehead atoms. The Hall–Kier alpha value is -2.63. The van der Waals surface area contributed by atoms with Gasteiger partial charge >= 0.3 is 0 Å². The molecule has 0 aromatic carbocycles. The molecular formula is C21H28N4O2. The van der Waals surface area contributed by atoms with Crippen LogP contribution in [-0.4, -0.2) is 22.4 Å². The zero-order valence-electron chi connectivity index (χ0n) is 16.6. The number of aromatic nitrogens is 2. The maximum absolute atomic E-state index is 12.3. The fourth-order valence-electron chi connectivity index (χ4n) is 3.36. The number of rotatable bonds is 4. The molecule has 3 heterocycles. The lowest BCUT2D eigenvalue weighted by Gasteiger charge is -2.31. The third kappa shape index (κ3) is 4.96. The van der Waals surface area contributed by atoms with Crippen LogP contribution in [0.1, 0.15) is 50.4 Å². The number of hydrogen-bond donors (Lipinski definition) is 2. The number of hydrogen-bond acceptors (Lipinski definition) is 4. The molecule has 0 unspecified atom stereocenters. The highest BCUT2D eigenvalue weighted by Crippen LogP contribution is 2.31. The Labute approximate surface area is 160 Å². The molecule has 0 fully saturated rings. The van der Waals surface area contributed by atoms with E-state index in [4.69, 9.17) is 4.98 Å². The van der Waals surface area contributed by atoms with E-state index in [1.165, 1.54) is 0 Å². The van der Waals surface area contributed by atoms with Crippen molar-refractivity contribution in [2.24, 2.45) is 5.41 Å². The molecule has 0 atom stereocenters. The van der Waals surface area contributed by atoms with Gasteiger partial charge in [0.05, 0.1) is 11.4 Å². The van der Waals surface area contributed by atoms with Crippen molar-refractivity contribution < 1.29 is 4.79 Å². The Morgan fingerprint density at radius 2 is 2.11 bits per heavy atom. The van der Waals surface area contributed by atoms with Gasteiger partial charge in [-0.2, -0.15) is 0 Å². The number of carbonyl (C=O) groups excluding carboxylic acids is 1. The van der Waals surface area contributed by atoms with E-state index in [1.807, 2.05) is 13.0 Å². The third-order valence-corrected chi connectivity index (χ3v) is 4.62. The van der Waals surface area contributed by atoms with Gasteiger partial charge in [0, 0.05) is 31.8 Å². The molecular weight excluding hydrogens is 340 g/mol. The molecule has 2 aromatic rings. The number of fused-ring (bicyclic) bond motifs is 1. The summed E-state index contributed by atoms with van der Waals surface area (Å²) in [7, 11) is 0. The van der Waals surface area contributed by atoms with E-state index < -0.39 is 0 Å². The van der Waals surface area contributed by atoms with Crippen LogP contribution in [0.2, 0.25) is 0 Å². The average Bonchev–Trinajstić information content (AvgIpc) is 2.56. The summed E-state index contributed by atoms with van der Waals surface area (Å²) in [5, 5.41) is 2.98. The van der Waals surface area contributed by atoms with E-state index in [1.54, 1.807) is 12.3 Å². The zero-order valence-corrected chi connectivity index (χ0v) is 16.6. The second-order valence-corrected chi connectivity index (χ2v) is 8.49. The summed E-state index contributed by atoms with van der Waals surface area (Å²) in [6, 6.07) is 5.52. The molecule has 3 rings (SSSR count). The smallest absolute Gasteiger partial charge is 0.247 e. The summed E-state index contributed by atoms with van der Waals surface area (Å²) < 4.78 is 0. The molecule has 0 aliphatic carbocycles. The number of amides is 1. The van der Waals surface area contributed by atoms with Gasteiger partial charge in [-0.15, -0.1) is 0 Å². The first-order valence-electron chi connectivity index (χ1n) is 9.44. The quantitative estimate of drug-likeness (QED) is 0.867. The molecule has 6 heteroatoms. The van der Waals surface area contributed by atoms with Gasteiger partial charge in [0.15, 0.2) is 0 Å². The van der Waals surface area contributed by atoms with Crippen molar-refractivity contribution in [2.45, 2.75) is 53.5 Å². The zero-order chi connectivity index (χ0) is 19.6. The minimum atomic E-state index is -0.0917. The lowest BCUT2D eigenvalue weighted by molar-refractivity contribution is -0.117. The Balaban J connectivity index is 1.80. The summed E-state index contributed by atoms with van der Waals surface area (Å²) in [6.45, 7) is 9.80. The van der Waals surface area contributed by atoms with Crippen LogP contribution >= 0.6 is 0 Å². The highest BCUT2D eigenvalue weighted by molar-refractivity contribution is 5.91. The Bertz CT molecular complexity index is 876. The number of nitrogens with zero attached hydrogens (tertiary/aromatic N) is 2. The van der Waals surface area contributed by atoms with E-state index in [2.05, 4.69) is 42.0 Å². The predicted octanol–water partition coefficient (Wildman–Crippen LogP) is 3.41. The van der Waals surface area contributed by atoms with Crippen molar-refractivity contribution >= 4 is 17.4 Å². The Morgan fingerprint density at radius 3 is 2.78 bits per heavy atom. The third-order valence-electron chi connectivity index (χ3n) is 4.62. The van der Waals surface area contributed by atoms with Crippen LogP contribution in [-0.2, 0) is 17.8 Å². The molecule has 0 radical (unpaired) electrons. The maximum Gasteiger partial charge on any atom is 0.247 e. The second kappa shape index (κ2) is 7.55. The standard InChI is InChI=1S/C21H28N4O2/c1-14-10-17-16(23-20(14)24-19(27)11-21(2,3)4)6-5-9-25(17)13-15-7-8-18(26)22-12-15/h7-8,10,12H,5-6,9,11,13H2,1-4H3,(H,22,26)(H,23,24,27). The normalized spacial score (nSPS) is 14.0. The summed E-state index contributed by atoms with van der Waals surface area (Å²) in [6.07, 6.45) is 4.14. The molecule has 1 aliphatic rings. The molecule has 0 spiro atoms. The van der Waals surface area contributed by atoms with Crippen LogP contribution in [0.4, 0.5) is 11.5 Å². The first-order valence-corrected chi connectivity index (χ1v) is 9.44. The van der Waals surface area contributed by atoms with Gasteiger partial charge in [-0.25, -0.2) is 4.98 Å². The predicted molar refractivity (Wildman–Crippen MR) is 108 cm³/mol. The van der Waals surface area contributed by atoms with Gasteiger partial charge in [-0.3, -0.25) is 9.59 Å². The van der Waals surface area contributed by atoms with Gasteiger partial charge in [-0.1, -0.05) is 26.8 Å². The number of anilines is 2. The van der Waals surface area contributed by atoms with Gasteiger partial charge in [-0.05, 0) is 42.4 Å². The Kier molecular flexibility index (Phi) is 5.35.